The molecule has 0 atom stereocenters. The van der Waals surface area contributed by atoms with Crippen LogP contribution in [0.4, 0.5) is 5.82 Å². The standard InChI is InChI=1S/C7H8BrN3O2/c1-3-10-5(7(12)13)4(8)6(9-2)11-3/h1-2H3,(H,12,13)(H,9,10,11). The van der Waals surface area contributed by atoms with Gasteiger partial charge in [0.1, 0.15) is 11.6 Å². The predicted octanol–water partition coefficient (Wildman–Crippen LogP) is 1.29. The zero-order valence-corrected chi connectivity index (χ0v) is 8.71. The number of aromatic nitrogens is 2. The van der Waals surface area contributed by atoms with Gasteiger partial charge in [-0.25, -0.2) is 14.8 Å². The van der Waals surface area contributed by atoms with E-state index >= 15 is 0 Å². The van der Waals surface area contributed by atoms with Crippen LogP contribution in [0.3, 0.4) is 0 Å². The first kappa shape index (κ1) is 9.91. The fourth-order valence-corrected chi connectivity index (χ4v) is 1.41. The Kier molecular flexibility index (Phi) is 2.82. The Morgan fingerprint density at radius 3 is 2.62 bits per heavy atom. The molecule has 0 saturated carbocycles. The second-order valence-corrected chi connectivity index (χ2v) is 3.13. The lowest BCUT2D eigenvalue weighted by Gasteiger charge is -2.05. The quantitative estimate of drug-likeness (QED) is 0.822. The number of hydrogen-bond donors (Lipinski definition) is 2. The maximum Gasteiger partial charge on any atom is 0.355 e. The fourth-order valence-electron chi connectivity index (χ4n) is 0.866. The highest BCUT2D eigenvalue weighted by molar-refractivity contribution is 9.10. The number of carboxylic acids is 1. The molecule has 1 aromatic heterocycles. The number of hydrogen-bond acceptors (Lipinski definition) is 4. The molecule has 0 unspecified atom stereocenters. The Labute approximate surface area is 83.3 Å². The third-order valence-corrected chi connectivity index (χ3v) is 2.15. The Bertz CT molecular complexity index is 354. The minimum absolute atomic E-state index is 0.0307. The molecule has 0 aliphatic rings. The van der Waals surface area contributed by atoms with Gasteiger partial charge in [-0.15, -0.1) is 0 Å². The second-order valence-electron chi connectivity index (χ2n) is 2.34. The van der Waals surface area contributed by atoms with Crippen LogP contribution in [0, 0.1) is 6.92 Å². The van der Waals surface area contributed by atoms with Gasteiger partial charge in [0.2, 0.25) is 0 Å². The lowest BCUT2D eigenvalue weighted by Crippen LogP contribution is -2.08. The van der Waals surface area contributed by atoms with Crippen LogP contribution >= 0.6 is 15.9 Å². The maximum atomic E-state index is 10.7. The Hall–Kier alpha value is -1.17. The highest BCUT2D eigenvalue weighted by atomic mass is 79.9. The van der Waals surface area contributed by atoms with Crippen molar-refractivity contribution in [1.29, 1.82) is 0 Å². The summed E-state index contributed by atoms with van der Waals surface area (Å²) in [5.74, 6) is -0.177. The fraction of sp³-hybridized carbons (Fsp3) is 0.286. The number of aromatic carboxylic acids is 1. The van der Waals surface area contributed by atoms with E-state index in [1.54, 1.807) is 14.0 Å². The second kappa shape index (κ2) is 3.69. The van der Waals surface area contributed by atoms with Gasteiger partial charge >= 0.3 is 5.97 Å². The first-order valence-electron chi connectivity index (χ1n) is 3.51. The van der Waals surface area contributed by atoms with Gasteiger partial charge in [0.15, 0.2) is 5.69 Å². The summed E-state index contributed by atoms with van der Waals surface area (Å²) in [6.45, 7) is 1.64. The van der Waals surface area contributed by atoms with Gasteiger partial charge in [-0.3, -0.25) is 0 Å². The molecule has 0 spiro atoms. The number of carboxylic acid groups (broad SMARTS) is 1. The molecule has 70 valence electrons. The molecule has 0 saturated heterocycles. The van der Waals surface area contributed by atoms with Crippen LogP contribution in [0.5, 0.6) is 0 Å². The molecule has 1 rings (SSSR count). The van der Waals surface area contributed by atoms with Crippen molar-refractivity contribution in [3.8, 4) is 0 Å². The number of anilines is 1. The molecule has 5 nitrogen and oxygen atoms in total. The van der Waals surface area contributed by atoms with E-state index in [4.69, 9.17) is 5.11 Å². The highest BCUT2D eigenvalue weighted by Crippen LogP contribution is 2.22. The van der Waals surface area contributed by atoms with E-state index in [-0.39, 0.29) is 5.69 Å². The molecule has 2 N–H and O–H groups in total. The van der Waals surface area contributed by atoms with Gasteiger partial charge in [0, 0.05) is 7.05 Å². The Balaban J connectivity index is 3.35. The molecule has 13 heavy (non-hydrogen) atoms. The SMILES string of the molecule is CNc1nc(C)nc(C(=O)O)c1Br. The molecule has 0 amide bonds. The van der Waals surface area contributed by atoms with Crippen LogP contribution in [-0.2, 0) is 0 Å². The monoisotopic (exact) mass is 245 g/mol. The molecule has 1 heterocycles. The average Bonchev–Trinajstić information content (AvgIpc) is 2.08. The summed E-state index contributed by atoms with van der Waals surface area (Å²) in [7, 11) is 1.66. The van der Waals surface area contributed by atoms with Crippen molar-refractivity contribution in [2.24, 2.45) is 0 Å². The van der Waals surface area contributed by atoms with E-state index < -0.39 is 5.97 Å². The van der Waals surface area contributed by atoms with E-state index in [1.165, 1.54) is 0 Å². The van der Waals surface area contributed by atoms with Crippen molar-refractivity contribution in [2.75, 3.05) is 12.4 Å². The minimum Gasteiger partial charge on any atom is -0.476 e. The van der Waals surface area contributed by atoms with E-state index in [0.29, 0.717) is 16.1 Å². The van der Waals surface area contributed by atoms with Crippen molar-refractivity contribution >= 4 is 27.7 Å². The molecule has 1 aromatic rings. The lowest BCUT2D eigenvalue weighted by molar-refractivity contribution is 0.0689. The number of rotatable bonds is 2. The van der Waals surface area contributed by atoms with E-state index in [9.17, 15) is 4.79 Å². The largest absolute Gasteiger partial charge is 0.476 e. The summed E-state index contributed by atoms with van der Waals surface area (Å²) >= 11 is 3.11. The molecule has 0 bridgehead atoms. The van der Waals surface area contributed by atoms with Gasteiger partial charge in [0.05, 0.1) is 4.47 Å². The van der Waals surface area contributed by atoms with Crippen molar-refractivity contribution in [2.45, 2.75) is 6.92 Å². The van der Waals surface area contributed by atoms with E-state index in [0.717, 1.165) is 0 Å². The summed E-state index contributed by atoms with van der Waals surface area (Å²) < 4.78 is 0.369. The summed E-state index contributed by atoms with van der Waals surface area (Å²) in [5, 5.41) is 11.5. The molecule has 6 heteroatoms. The smallest absolute Gasteiger partial charge is 0.355 e. The molecule has 0 radical (unpaired) electrons. The topological polar surface area (TPSA) is 75.1 Å². The van der Waals surface area contributed by atoms with Crippen molar-refractivity contribution in [1.82, 2.24) is 9.97 Å². The van der Waals surface area contributed by atoms with Gasteiger partial charge in [-0.05, 0) is 22.9 Å². The van der Waals surface area contributed by atoms with Crippen molar-refractivity contribution < 1.29 is 9.90 Å². The van der Waals surface area contributed by atoms with E-state index in [2.05, 4.69) is 31.2 Å². The van der Waals surface area contributed by atoms with Gasteiger partial charge in [-0.1, -0.05) is 0 Å². The lowest BCUT2D eigenvalue weighted by atomic mass is 10.4. The summed E-state index contributed by atoms with van der Waals surface area (Å²) in [6.07, 6.45) is 0. The zero-order valence-electron chi connectivity index (χ0n) is 7.13. The van der Waals surface area contributed by atoms with Crippen LogP contribution in [0.2, 0.25) is 0 Å². The third-order valence-electron chi connectivity index (χ3n) is 1.40. The van der Waals surface area contributed by atoms with Gasteiger partial charge < -0.3 is 10.4 Å². The summed E-state index contributed by atoms with van der Waals surface area (Å²) in [6, 6.07) is 0. The van der Waals surface area contributed by atoms with Crippen LogP contribution in [0.25, 0.3) is 0 Å². The Morgan fingerprint density at radius 2 is 2.15 bits per heavy atom. The normalized spacial score (nSPS) is 9.77. The molecule has 0 fully saturated rings. The first-order chi connectivity index (χ1) is 6.06. The van der Waals surface area contributed by atoms with Crippen LogP contribution in [-0.4, -0.2) is 28.1 Å². The molecular weight excluding hydrogens is 238 g/mol. The molecule has 0 aromatic carbocycles. The van der Waals surface area contributed by atoms with Crippen LogP contribution in [0.1, 0.15) is 16.3 Å². The van der Waals surface area contributed by atoms with Crippen LogP contribution < -0.4 is 5.32 Å². The van der Waals surface area contributed by atoms with Crippen molar-refractivity contribution in [3.05, 3.63) is 16.0 Å². The number of nitrogens with one attached hydrogen (secondary N) is 1. The molecule has 0 aliphatic heterocycles. The van der Waals surface area contributed by atoms with E-state index in [1.807, 2.05) is 0 Å². The first-order valence-corrected chi connectivity index (χ1v) is 4.30. The average molecular weight is 246 g/mol. The van der Waals surface area contributed by atoms with Gasteiger partial charge in [-0.2, -0.15) is 0 Å². The van der Waals surface area contributed by atoms with Crippen LogP contribution in [0.15, 0.2) is 4.47 Å². The number of nitrogens with zero attached hydrogens (tertiary/aromatic N) is 2. The predicted molar refractivity (Wildman–Crippen MR) is 51.0 cm³/mol. The molecule has 0 aliphatic carbocycles. The molecular formula is C7H8BrN3O2. The van der Waals surface area contributed by atoms with Gasteiger partial charge in [0.25, 0.3) is 0 Å². The highest BCUT2D eigenvalue weighted by Gasteiger charge is 2.15. The number of aryl methyl sites for hydroxylation is 1. The summed E-state index contributed by atoms with van der Waals surface area (Å²) in [4.78, 5) is 18.5. The maximum absolute atomic E-state index is 10.7. The third kappa shape index (κ3) is 1.95. The minimum atomic E-state index is -1.08. The number of halogens is 1. The Morgan fingerprint density at radius 1 is 1.54 bits per heavy atom. The zero-order chi connectivity index (χ0) is 10.0. The van der Waals surface area contributed by atoms with Crippen molar-refractivity contribution in [3.63, 3.8) is 0 Å². The number of carbonyl (C=O) groups is 1. The summed E-state index contributed by atoms with van der Waals surface area (Å²) in [5.41, 5.74) is -0.0307.